The third-order valence-electron chi connectivity index (χ3n) is 4.53. The SMILES string of the molecule is N[C@@H]1CCC[C@H]1CC(=O)NCC1CCN(CC(F)(F)F)C1. The van der Waals surface area contributed by atoms with E-state index in [2.05, 4.69) is 5.32 Å². The summed E-state index contributed by atoms with van der Waals surface area (Å²) >= 11 is 0. The van der Waals surface area contributed by atoms with Crippen molar-refractivity contribution in [1.82, 2.24) is 10.2 Å². The lowest BCUT2D eigenvalue weighted by molar-refractivity contribution is -0.143. The molecule has 1 heterocycles. The van der Waals surface area contributed by atoms with Gasteiger partial charge in [-0.3, -0.25) is 9.69 Å². The summed E-state index contributed by atoms with van der Waals surface area (Å²) in [6.45, 7) is 0.472. The van der Waals surface area contributed by atoms with Crippen LogP contribution in [0.3, 0.4) is 0 Å². The minimum atomic E-state index is -4.14. The van der Waals surface area contributed by atoms with Crippen molar-refractivity contribution < 1.29 is 18.0 Å². The minimum Gasteiger partial charge on any atom is -0.356 e. The molecule has 122 valence electrons. The van der Waals surface area contributed by atoms with Crippen molar-refractivity contribution in [2.75, 3.05) is 26.2 Å². The van der Waals surface area contributed by atoms with Gasteiger partial charge in [-0.05, 0) is 37.6 Å². The number of likely N-dealkylation sites (tertiary alicyclic amines) is 1. The molecule has 0 aromatic heterocycles. The standard InChI is InChI=1S/C14H24F3N3O/c15-14(16,17)9-20-5-4-10(8-20)7-19-13(21)6-11-2-1-3-12(11)18/h10-12H,1-9,18H2,(H,19,21)/t10?,11-,12+/m0/s1. The van der Waals surface area contributed by atoms with Gasteiger partial charge >= 0.3 is 6.18 Å². The van der Waals surface area contributed by atoms with Crippen LogP contribution in [0.4, 0.5) is 13.2 Å². The highest BCUT2D eigenvalue weighted by atomic mass is 19.4. The molecule has 21 heavy (non-hydrogen) atoms. The number of nitrogens with one attached hydrogen (secondary N) is 1. The molecule has 4 nitrogen and oxygen atoms in total. The van der Waals surface area contributed by atoms with Gasteiger partial charge in [0.1, 0.15) is 0 Å². The number of halogens is 3. The van der Waals surface area contributed by atoms with Crippen LogP contribution in [0.15, 0.2) is 0 Å². The van der Waals surface area contributed by atoms with Gasteiger partial charge in [-0.2, -0.15) is 13.2 Å². The number of alkyl halides is 3. The Kier molecular flexibility index (Phi) is 5.48. The Balaban J connectivity index is 1.64. The number of nitrogens with zero attached hydrogens (tertiary/aromatic N) is 1. The predicted molar refractivity (Wildman–Crippen MR) is 73.5 cm³/mol. The zero-order valence-corrected chi connectivity index (χ0v) is 12.2. The summed E-state index contributed by atoms with van der Waals surface area (Å²) in [6.07, 6.45) is 0.0642. The smallest absolute Gasteiger partial charge is 0.356 e. The fraction of sp³-hybridized carbons (Fsp3) is 0.929. The maximum atomic E-state index is 12.3. The lowest BCUT2D eigenvalue weighted by atomic mass is 9.99. The number of carbonyl (C=O) groups excluding carboxylic acids is 1. The first-order valence-electron chi connectivity index (χ1n) is 7.65. The summed E-state index contributed by atoms with van der Waals surface area (Å²) in [7, 11) is 0. The quantitative estimate of drug-likeness (QED) is 0.809. The summed E-state index contributed by atoms with van der Waals surface area (Å²) in [4.78, 5) is 13.3. The van der Waals surface area contributed by atoms with E-state index in [1.807, 2.05) is 0 Å². The van der Waals surface area contributed by atoms with Gasteiger partial charge < -0.3 is 11.1 Å². The van der Waals surface area contributed by atoms with Crippen molar-refractivity contribution in [2.24, 2.45) is 17.6 Å². The Bertz CT molecular complexity index is 362. The molecule has 2 fully saturated rings. The topological polar surface area (TPSA) is 58.4 Å². The zero-order valence-electron chi connectivity index (χ0n) is 12.2. The zero-order chi connectivity index (χ0) is 15.5. The first kappa shape index (κ1) is 16.5. The third-order valence-corrected chi connectivity index (χ3v) is 4.53. The molecule has 1 aliphatic carbocycles. The molecule has 1 saturated carbocycles. The van der Waals surface area contributed by atoms with E-state index in [0.717, 1.165) is 19.3 Å². The van der Waals surface area contributed by atoms with Gasteiger partial charge in [-0.1, -0.05) is 6.42 Å². The van der Waals surface area contributed by atoms with E-state index in [0.29, 0.717) is 32.5 Å². The van der Waals surface area contributed by atoms with E-state index < -0.39 is 12.7 Å². The number of hydrogen-bond donors (Lipinski definition) is 2. The van der Waals surface area contributed by atoms with Gasteiger partial charge in [0.2, 0.25) is 5.91 Å². The summed E-state index contributed by atoms with van der Waals surface area (Å²) in [5.74, 6) is 0.357. The van der Waals surface area contributed by atoms with Gasteiger partial charge in [-0.25, -0.2) is 0 Å². The van der Waals surface area contributed by atoms with Crippen LogP contribution in [-0.2, 0) is 4.79 Å². The van der Waals surface area contributed by atoms with Crippen molar-refractivity contribution in [3.05, 3.63) is 0 Å². The van der Waals surface area contributed by atoms with Crippen LogP contribution in [0, 0.1) is 11.8 Å². The lowest BCUT2D eigenvalue weighted by Gasteiger charge is -2.18. The van der Waals surface area contributed by atoms with Crippen LogP contribution in [0.1, 0.15) is 32.1 Å². The van der Waals surface area contributed by atoms with E-state index in [-0.39, 0.29) is 23.8 Å². The van der Waals surface area contributed by atoms with Gasteiger partial charge in [0, 0.05) is 25.6 Å². The molecule has 7 heteroatoms. The summed E-state index contributed by atoms with van der Waals surface area (Å²) in [5.41, 5.74) is 5.93. The number of nitrogens with two attached hydrogens (primary N) is 1. The fourth-order valence-electron chi connectivity index (χ4n) is 3.36. The Labute approximate surface area is 123 Å². The summed E-state index contributed by atoms with van der Waals surface area (Å²) in [5, 5.41) is 2.85. The van der Waals surface area contributed by atoms with Crippen LogP contribution < -0.4 is 11.1 Å². The van der Waals surface area contributed by atoms with E-state index >= 15 is 0 Å². The predicted octanol–water partition coefficient (Wildman–Crippen LogP) is 1.50. The van der Waals surface area contributed by atoms with Gasteiger partial charge in [0.15, 0.2) is 0 Å². The molecule has 0 bridgehead atoms. The van der Waals surface area contributed by atoms with Crippen LogP contribution in [-0.4, -0.2) is 49.2 Å². The highest BCUT2D eigenvalue weighted by molar-refractivity contribution is 5.76. The number of rotatable bonds is 5. The monoisotopic (exact) mass is 307 g/mol. The van der Waals surface area contributed by atoms with Crippen LogP contribution >= 0.6 is 0 Å². The average molecular weight is 307 g/mol. The Hall–Kier alpha value is -0.820. The Morgan fingerprint density at radius 3 is 2.67 bits per heavy atom. The summed E-state index contributed by atoms with van der Waals surface area (Å²) in [6, 6.07) is 0.115. The van der Waals surface area contributed by atoms with Gasteiger partial charge in [-0.15, -0.1) is 0 Å². The first-order chi connectivity index (χ1) is 9.83. The van der Waals surface area contributed by atoms with Gasteiger partial charge in [0.05, 0.1) is 6.54 Å². The molecule has 0 aromatic rings. The minimum absolute atomic E-state index is 0.0216. The lowest BCUT2D eigenvalue weighted by Crippen LogP contribution is -2.36. The first-order valence-corrected chi connectivity index (χ1v) is 7.65. The van der Waals surface area contributed by atoms with Crippen molar-refractivity contribution >= 4 is 5.91 Å². The van der Waals surface area contributed by atoms with E-state index in [9.17, 15) is 18.0 Å². The van der Waals surface area contributed by atoms with Crippen molar-refractivity contribution in [2.45, 2.75) is 44.3 Å². The summed E-state index contributed by atoms with van der Waals surface area (Å²) < 4.78 is 36.9. The Morgan fingerprint density at radius 2 is 2.05 bits per heavy atom. The molecule has 1 unspecified atom stereocenters. The largest absolute Gasteiger partial charge is 0.401 e. The highest BCUT2D eigenvalue weighted by Crippen LogP contribution is 2.27. The molecular formula is C14H24F3N3O. The molecule has 1 aliphatic heterocycles. The maximum absolute atomic E-state index is 12.3. The second-order valence-electron chi connectivity index (χ2n) is 6.37. The van der Waals surface area contributed by atoms with Crippen LogP contribution in [0.5, 0.6) is 0 Å². The van der Waals surface area contributed by atoms with Crippen molar-refractivity contribution in [3.8, 4) is 0 Å². The molecule has 3 atom stereocenters. The molecular weight excluding hydrogens is 283 g/mol. The third kappa shape index (κ3) is 5.47. The number of carbonyl (C=O) groups is 1. The molecule has 2 rings (SSSR count). The molecule has 2 aliphatic rings. The molecule has 1 saturated heterocycles. The highest BCUT2D eigenvalue weighted by Gasteiger charge is 2.34. The second kappa shape index (κ2) is 6.96. The van der Waals surface area contributed by atoms with Crippen molar-refractivity contribution in [3.63, 3.8) is 0 Å². The maximum Gasteiger partial charge on any atom is 0.401 e. The van der Waals surface area contributed by atoms with Crippen molar-refractivity contribution in [1.29, 1.82) is 0 Å². The molecule has 1 amide bonds. The van der Waals surface area contributed by atoms with E-state index in [1.54, 1.807) is 0 Å². The number of amides is 1. The average Bonchev–Trinajstić information content (AvgIpc) is 2.95. The van der Waals surface area contributed by atoms with Gasteiger partial charge in [0.25, 0.3) is 0 Å². The molecule has 0 aromatic carbocycles. The number of hydrogen-bond acceptors (Lipinski definition) is 3. The fourth-order valence-corrected chi connectivity index (χ4v) is 3.36. The van der Waals surface area contributed by atoms with E-state index in [1.165, 1.54) is 4.90 Å². The van der Waals surface area contributed by atoms with Crippen LogP contribution in [0.25, 0.3) is 0 Å². The second-order valence-corrected chi connectivity index (χ2v) is 6.37. The molecule has 3 N–H and O–H groups in total. The molecule has 0 radical (unpaired) electrons. The Morgan fingerprint density at radius 1 is 1.29 bits per heavy atom. The normalized spacial score (nSPS) is 30.8. The van der Waals surface area contributed by atoms with E-state index in [4.69, 9.17) is 5.73 Å². The molecule has 0 spiro atoms. The van der Waals surface area contributed by atoms with Crippen LogP contribution in [0.2, 0.25) is 0 Å².